The Balaban J connectivity index is 1.90. The number of oxazole rings is 1. The third kappa shape index (κ3) is 3.55. The van der Waals surface area contributed by atoms with E-state index in [2.05, 4.69) is 26.2 Å². The minimum Gasteiger partial charge on any atom is -0.436 e. The maximum atomic E-state index is 11.8. The average Bonchev–Trinajstić information content (AvgIpc) is 2.99. The smallest absolute Gasteiger partial charge is 0.235 e. The summed E-state index contributed by atoms with van der Waals surface area (Å²) in [6.07, 6.45) is 0. The van der Waals surface area contributed by atoms with E-state index in [0.717, 1.165) is 27.3 Å². The number of halogens is 1. The van der Waals surface area contributed by atoms with Gasteiger partial charge in [-0.3, -0.25) is 4.79 Å². The zero-order valence-corrected chi connectivity index (χ0v) is 14.1. The molecular formula is C16H10BrN3O2S. The molecule has 114 valence electrons. The highest BCUT2D eigenvalue weighted by Crippen LogP contribution is 2.30. The van der Waals surface area contributed by atoms with Gasteiger partial charge in [0.15, 0.2) is 5.58 Å². The second-order valence-electron chi connectivity index (χ2n) is 4.61. The lowest BCUT2D eigenvalue weighted by Crippen LogP contribution is -2.14. The number of para-hydroxylation sites is 2. The second kappa shape index (κ2) is 6.86. The molecule has 3 rings (SSSR count). The van der Waals surface area contributed by atoms with Crippen molar-refractivity contribution in [2.75, 3.05) is 11.1 Å². The van der Waals surface area contributed by atoms with Crippen LogP contribution in [0.25, 0.3) is 22.6 Å². The highest BCUT2D eigenvalue weighted by Gasteiger charge is 2.12. The Bertz CT molecular complexity index is 884. The first kappa shape index (κ1) is 15.6. The molecule has 5 nitrogen and oxygen atoms in total. The van der Waals surface area contributed by atoms with E-state index in [9.17, 15) is 4.79 Å². The molecule has 0 radical (unpaired) electrons. The molecule has 1 N–H and O–H groups in total. The van der Waals surface area contributed by atoms with Crippen molar-refractivity contribution < 1.29 is 9.21 Å². The Morgan fingerprint density at radius 1 is 1.35 bits per heavy atom. The number of aromatic nitrogens is 1. The van der Waals surface area contributed by atoms with Crippen LogP contribution in [0.1, 0.15) is 0 Å². The summed E-state index contributed by atoms with van der Waals surface area (Å²) in [5.41, 5.74) is 2.85. The first-order chi connectivity index (χ1) is 11.2. The van der Waals surface area contributed by atoms with E-state index >= 15 is 0 Å². The van der Waals surface area contributed by atoms with Crippen LogP contribution in [0.2, 0.25) is 0 Å². The Hall–Kier alpha value is -2.30. The monoisotopic (exact) mass is 387 g/mol. The summed E-state index contributed by atoms with van der Waals surface area (Å²) in [6, 6.07) is 13.0. The lowest BCUT2D eigenvalue weighted by atomic mass is 10.2. The minimum atomic E-state index is -0.244. The molecule has 0 unspecified atom stereocenters. The molecule has 0 aliphatic rings. The minimum absolute atomic E-state index is 0.0794. The summed E-state index contributed by atoms with van der Waals surface area (Å²) >= 11 is 4.29. The summed E-state index contributed by atoms with van der Waals surface area (Å²) in [5.74, 6) is 0.323. The van der Waals surface area contributed by atoms with Crippen molar-refractivity contribution in [2.45, 2.75) is 0 Å². The van der Waals surface area contributed by atoms with Crippen LogP contribution in [-0.4, -0.2) is 16.6 Å². The van der Waals surface area contributed by atoms with Crippen molar-refractivity contribution in [1.29, 1.82) is 5.26 Å². The van der Waals surface area contributed by atoms with E-state index in [4.69, 9.17) is 9.68 Å². The molecule has 1 aromatic heterocycles. The van der Waals surface area contributed by atoms with Gasteiger partial charge in [-0.25, -0.2) is 4.98 Å². The van der Waals surface area contributed by atoms with E-state index in [-0.39, 0.29) is 11.7 Å². The van der Waals surface area contributed by atoms with Gasteiger partial charge in [0.05, 0.1) is 11.4 Å². The highest BCUT2D eigenvalue weighted by atomic mass is 79.9. The summed E-state index contributed by atoms with van der Waals surface area (Å²) in [5, 5.41) is 13.1. The topological polar surface area (TPSA) is 78.9 Å². The van der Waals surface area contributed by atoms with E-state index in [1.54, 1.807) is 6.07 Å². The van der Waals surface area contributed by atoms with Crippen molar-refractivity contribution >= 4 is 50.4 Å². The highest BCUT2D eigenvalue weighted by molar-refractivity contribution is 9.10. The number of hydrogen-bond acceptors (Lipinski definition) is 5. The fourth-order valence-electron chi connectivity index (χ4n) is 2.03. The third-order valence-electron chi connectivity index (χ3n) is 3.05. The SMILES string of the molecule is N#CSCC(=O)Nc1cc(-c2nc3ccccc3o2)ccc1Br. The number of thiocyanates is 1. The summed E-state index contributed by atoms with van der Waals surface area (Å²) in [7, 11) is 0. The van der Waals surface area contributed by atoms with Crippen LogP contribution in [0.4, 0.5) is 5.69 Å². The quantitative estimate of drug-likeness (QED) is 0.670. The van der Waals surface area contributed by atoms with Gasteiger partial charge in [-0.1, -0.05) is 12.1 Å². The van der Waals surface area contributed by atoms with Gasteiger partial charge in [-0.05, 0) is 58.0 Å². The molecule has 0 spiro atoms. The molecule has 1 amide bonds. The van der Waals surface area contributed by atoms with Gasteiger partial charge < -0.3 is 9.73 Å². The molecule has 0 atom stereocenters. The summed E-state index contributed by atoms with van der Waals surface area (Å²) < 4.78 is 6.48. The maximum Gasteiger partial charge on any atom is 0.235 e. The van der Waals surface area contributed by atoms with E-state index < -0.39 is 0 Å². The van der Waals surface area contributed by atoms with Crippen LogP contribution in [0.15, 0.2) is 51.4 Å². The third-order valence-corrected chi connectivity index (χ3v) is 4.28. The summed E-state index contributed by atoms with van der Waals surface area (Å²) in [6.45, 7) is 0. The number of amides is 1. The average molecular weight is 388 g/mol. The molecule has 0 fully saturated rings. The zero-order chi connectivity index (χ0) is 16.2. The van der Waals surface area contributed by atoms with E-state index in [1.165, 1.54) is 0 Å². The number of anilines is 1. The first-order valence-electron chi connectivity index (χ1n) is 6.63. The van der Waals surface area contributed by atoms with Crippen LogP contribution in [0.3, 0.4) is 0 Å². The standard InChI is InChI=1S/C16H10BrN3O2S/c17-11-6-5-10(7-13(11)19-15(21)8-23-9-18)16-20-12-3-1-2-4-14(12)22-16/h1-7H,8H2,(H,19,21). The summed E-state index contributed by atoms with van der Waals surface area (Å²) in [4.78, 5) is 16.2. The van der Waals surface area contributed by atoms with Gasteiger partial charge in [-0.2, -0.15) is 5.26 Å². The fourth-order valence-corrected chi connectivity index (χ4v) is 2.65. The Kier molecular flexibility index (Phi) is 4.65. The number of nitrogens with one attached hydrogen (secondary N) is 1. The van der Waals surface area contributed by atoms with Crippen LogP contribution in [0, 0.1) is 10.7 Å². The van der Waals surface area contributed by atoms with E-state index in [0.29, 0.717) is 17.2 Å². The Labute approximate surface area is 144 Å². The van der Waals surface area contributed by atoms with Gasteiger partial charge in [0.2, 0.25) is 11.8 Å². The predicted molar refractivity (Wildman–Crippen MR) is 93.8 cm³/mol. The van der Waals surface area contributed by atoms with Crippen LogP contribution in [-0.2, 0) is 4.79 Å². The van der Waals surface area contributed by atoms with Crippen LogP contribution < -0.4 is 5.32 Å². The molecule has 3 aromatic rings. The molecule has 0 bridgehead atoms. The molecule has 0 aliphatic carbocycles. The van der Waals surface area contributed by atoms with Gasteiger partial charge in [0.25, 0.3) is 0 Å². The van der Waals surface area contributed by atoms with Crippen molar-refractivity contribution in [2.24, 2.45) is 0 Å². The Morgan fingerprint density at radius 2 is 2.17 bits per heavy atom. The largest absolute Gasteiger partial charge is 0.436 e. The lowest BCUT2D eigenvalue weighted by Gasteiger charge is -2.07. The Morgan fingerprint density at radius 3 is 2.96 bits per heavy atom. The number of benzene rings is 2. The number of thioether (sulfide) groups is 1. The zero-order valence-electron chi connectivity index (χ0n) is 11.7. The van der Waals surface area contributed by atoms with Gasteiger partial charge in [0, 0.05) is 10.0 Å². The van der Waals surface area contributed by atoms with Crippen LogP contribution >= 0.6 is 27.7 Å². The molecule has 0 saturated heterocycles. The number of hydrogen-bond donors (Lipinski definition) is 1. The van der Waals surface area contributed by atoms with Crippen LogP contribution in [0.5, 0.6) is 0 Å². The molecular weight excluding hydrogens is 378 g/mol. The molecule has 1 heterocycles. The van der Waals surface area contributed by atoms with E-state index in [1.807, 2.05) is 41.8 Å². The number of carbonyl (C=O) groups excluding carboxylic acids is 1. The lowest BCUT2D eigenvalue weighted by molar-refractivity contribution is -0.113. The van der Waals surface area contributed by atoms with Gasteiger partial charge in [-0.15, -0.1) is 0 Å². The number of nitriles is 1. The van der Waals surface area contributed by atoms with Crippen molar-refractivity contribution in [3.05, 3.63) is 46.9 Å². The first-order valence-corrected chi connectivity index (χ1v) is 8.41. The predicted octanol–water partition coefficient (Wildman–Crippen LogP) is 4.41. The molecule has 0 aliphatic heterocycles. The van der Waals surface area contributed by atoms with Gasteiger partial charge >= 0.3 is 0 Å². The second-order valence-corrected chi connectivity index (χ2v) is 6.22. The van der Waals surface area contributed by atoms with Crippen molar-refractivity contribution in [3.8, 4) is 16.9 Å². The fraction of sp³-hybridized carbons (Fsp3) is 0.0625. The molecule has 7 heteroatoms. The van der Waals surface area contributed by atoms with Crippen molar-refractivity contribution in [1.82, 2.24) is 4.98 Å². The maximum absolute atomic E-state index is 11.8. The molecule has 2 aromatic carbocycles. The molecule has 23 heavy (non-hydrogen) atoms. The van der Waals surface area contributed by atoms with Crippen molar-refractivity contribution in [3.63, 3.8) is 0 Å². The molecule has 0 saturated carbocycles. The number of carbonyl (C=O) groups is 1. The normalized spacial score (nSPS) is 10.4. The van der Waals surface area contributed by atoms with Gasteiger partial charge in [0.1, 0.15) is 10.9 Å². The number of fused-ring (bicyclic) bond motifs is 1. The number of nitrogens with zero attached hydrogens (tertiary/aromatic N) is 2. The number of rotatable bonds is 4.